The van der Waals surface area contributed by atoms with Gasteiger partial charge in [-0.1, -0.05) is 65.5 Å². The topological polar surface area (TPSA) is 106 Å². The molecule has 0 radical (unpaired) electrons. The number of ether oxygens (including phenoxy) is 1. The van der Waals surface area contributed by atoms with E-state index in [-0.39, 0.29) is 28.1 Å². The quantitative estimate of drug-likeness (QED) is 0.143. The molecule has 0 saturated carbocycles. The second-order valence-corrected chi connectivity index (χ2v) is 9.53. The molecular formula is C19H18Cl4N4O4S. The van der Waals surface area contributed by atoms with Crippen LogP contribution in [0.1, 0.15) is 12.5 Å². The van der Waals surface area contributed by atoms with Crippen molar-refractivity contribution in [2.24, 2.45) is 0 Å². The smallest absolute Gasteiger partial charge is 0.271 e. The molecule has 1 unspecified atom stereocenters. The third kappa shape index (κ3) is 8.14. The van der Waals surface area contributed by atoms with Crippen molar-refractivity contribution in [1.82, 2.24) is 10.6 Å². The van der Waals surface area contributed by atoms with E-state index >= 15 is 0 Å². The van der Waals surface area contributed by atoms with E-state index in [0.29, 0.717) is 5.75 Å². The van der Waals surface area contributed by atoms with Gasteiger partial charge >= 0.3 is 0 Å². The van der Waals surface area contributed by atoms with Gasteiger partial charge in [0.1, 0.15) is 11.9 Å². The molecule has 3 N–H and O–H groups in total. The maximum atomic E-state index is 12.3. The van der Waals surface area contributed by atoms with Crippen LogP contribution >= 0.6 is 58.6 Å². The second-order valence-electron chi connectivity index (χ2n) is 6.35. The number of anilines is 1. The van der Waals surface area contributed by atoms with Gasteiger partial charge in [-0.3, -0.25) is 14.9 Å². The number of amides is 1. The van der Waals surface area contributed by atoms with Crippen LogP contribution in [0.5, 0.6) is 5.75 Å². The molecule has 172 valence electrons. The summed E-state index contributed by atoms with van der Waals surface area (Å²) in [4.78, 5) is 22.5. The summed E-state index contributed by atoms with van der Waals surface area (Å²) in [7, 11) is 0. The standard InChI is InChI=1S/C19H18Cl4N4O4S/c1-2-11-3-6-13(7-4-11)31-10-16(28)25-17(19(21,22)23)26-18(32)24-15-8-5-12(27(29)30)9-14(15)20/h3-9,17H,2,10H2,1H3,(H,25,28)(H2,24,26,32). The Morgan fingerprint density at radius 2 is 1.84 bits per heavy atom. The minimum Gasteiger partial charge on any atom is -0.484 e. The molecule has 1 atom stereocenters. The summed E-state index contributed by atoms with van der Waals surface area (Å²) in [6, 6.07) is 11.1. The first-order valence-corrected chi connectivity index (χ1v) is 11.0. The molecule has 2 aromatic rings. The lowest BCUT2D eigenvalue weighted by atomic mass is 10.2. The zero-order valence-corrected chi connectivity index (χ0v) is 20.4. The number of carbonyl (C=O) groups is 1. The number of hydrogen-bond acceptors (Lipinski definition) is 5. The van der Waals surface area contributed by atoms with Crippen molar-refractivity contribution in [2.45, 2.75) is 23.3 Å². The first-order valence-electron chi connectivity index (χ1n) is 9.09. The Kier molecular flexibility index (Phi) is 9.60. The summed E-state index contributed by atoms with van der Waals surface area (Å²) < 4.78 is 3.47. The van der Waals surface area contributed by atoms with Crippen LogP contribution in [0.3, 0.4) is 0 Å². The molecule has 0 aliphatic rings. The monoisotopic (exact) mass is 538 g/mol. The summed E-state index contributed by atoms with van der Waals surface area (Å²) in [5.41, 5.74) is 1.23. The Morgan fingerprint density at radius 1 is 1.19 bits per heavy atom. The molecule has 0 spiro atoms. The lowest BCUT2D eigenvalue weighted by molar-refractivity contribution is -0.384. The molecule has 0 aromatic heterocycles. The molecule has 0 aliphatic heterocycles. The van der Waals surface area contributed by atoms with Crippen molar-refractivity contribution in [3.63, 3.8) is 0 Å². The number of aryl methyl sites for hydroxylation is 1. The van der Waals surface area contributed by atoms with Crippen molar-refractivity contribution in [3.05, 3.63) is 63.2 Å². The number of thiocarbonyl (C=S) groups is 1. The highest BCUT2D eigenvalue weighted by molar-refractivity contribution is 7.80. The third-order valence-corrected chi connectivity index (χ3v) is 5.21. The lowest BCUT2D eigenvalue weighted by Gasteiger charge is -2.27. The van der Waals surface area contributed by atoms with Gasteiger partial charge in [0, 0.05) is 12.1 Å². The molecule has 2 aromatic carbocycles. The van der Waals surface area contributed by atoms with E-state index in [1.807, 2.05) is 19.1 Å². The van der Waals surface area contributed by atoms with Crippen molar-refractivity contribution in [2.75, 3.05) is 11.9 Å². The van der Waals surface area contributed by atoms with Gasteiger partial charge in [-0.25, -0.2) is 0 Å². The van der Waals surface area contributed by atoms with E-state index in [4.69, 9.17) is 63.4 Å². The van der Waals surface area contributed by atoms with Crippen LogP contribution in [0, 0.1) is 10.1 Å². The van der Waals surface area contributed by atoms with Gasteiger partial charge in [-0.05, 0) is 42.4 Å². The Balaban J connectivity index is 1.96. The van der Waals surface area contributed by atoms with Gasteiger partial charge in [-0.15, -0.1) is 0 Å². The largest absolute Gasteiger partial charge is 0.484 e. The van der Waals surface area contributed by atoms with Crippen LogP contribution in [-0.4, -0.2) is 32.5 Å². The Hall–Kier alpha value is -2.04. The van der Waals surface area contributed by atoms with E-state index in [1.54, 1.807) is 12.1 Å². The Bertz CT molecular complexity index is 986. The minimum absolute atomic E-state index is 0.0477. The number of benzene rings is 2. The van der Waals surface area contributed by atoms with E-state index in [1.165, 1.54) is 12.1 Å². The number of nitro groups is 1. The van der Waals surface area contributed by atoms with Crippen LogP contribution in [0.2, 0.25) is 5.02 Å². The number of carbonyl (C=O) groups excluding carboxylic acids is 1. The van der Waals surface area contributed by atoms with E-state index in [2.05, 4.69) is 16.0 Å². The van der Waals surface area contributed by atoms with Crippen molar-refractivity contribution in [3.8, 4) is 5.75 Å². The lowest BCUT2D eigenvalue weighted by Crippen LogP contribution is -2.57. The fourth-order valence-electron chi connectivity index (χ4n) is 2.38. The highest BCUT2D eigenvalue weighted by atomic mass is 35.6. The Labute approximate surface area is 209 Å². The summed E-state index contributed by atoms with van der Waals surface area (Å²) in [5, 5.41) is 18.7. The number of alkyl halides is 3. The first kappa shape index (κ1) is 26.2. The van der Waals surface area contributed by atoms with E-state index in [9.17, 15) is 14.9 Å². The number of nitrogens with zero attached hydrogens (tertiary/aromatic N) is 1. The number of nitro benzene ring substituents is 1. The molecule has 0 saturated heterocycles. The van der Waals surface area contributed by atoms with Crippen LogP contribution < -0.4 is 20.7 Å². The molecule has 2 rings (SSSR count). The van der Waals surface area contributed by atoms with Crippen molar-refractivity contribution in [1.29, 1.82) is 0 Å². The minimum atomic E-state index is -1.97. The molecule has 32 heavy (non-hydrogen) atoms. The summed E-state index contributed by atoms with van der Waals surface area (Å²) in [6.07, 6.45) is -0.334. The van der Waals surface area contributed by atoms with Gasteiger partial charge in [0.05, 0.1) is 15.6 Å². The second kappa shape index (κ2) is 11.7. The van der Waals surface area contributed by atoms with Crippen molar-refractivity contribution >= 4 is 81.0 Å². The van der Waals surface area contributed by atoms with E-state index < -0.39 is 20.8 Å². The molecule has 1 amide bonds. The fraction of sp³-hybridized carbons (Fsp3) is 0.263. The average Bonchev–Trinajstić information content (AvgIpc) is 2.72. The molecular weight excluding hydrogens is 522 g/mol. The first-order chi connectivity index (χ1) is 15.0. The van der Waals surface area contributed by atoms with Gasteiger partial charge in [-0.2, -0.15) is 0 Å². The van der Waals surface area contributed by atoms with Gasteiger partial charge in [0.15, 0.2) is 11.7 Å². The van der Waals surface area contributed by atoms with Gasteiger partial charge in [0.2, 0.25) is 3.79 Å². The zero-order chi connectivity index (χ0) is 23.9. The highest BCUT2D eigenvalue weighted by Crippen LogP contribution is 2.30. The number of rotatable bonds is 8. The van der Waals surface area contributed by atoms with Crippen LogP contribution in [-0.2, 0) is 11.2 Å². The molecule has 8 nitrogen and oxygen atoms in total. The molecule has 0 fully saturated rings. The number of non-ortho nitro benzene ring substituents is 1. The zero-order valence-electron chi connectivity index (χ0n) is 16.5. The summed E-state index contributed by atoms with van der Waals surface area (Å²) >= 11 is 29.1. The van der Waals surface area contributed by atoms with Crippen LogP contribution in [0.4, 0.5) is 11.4 Å². The predicted octanol–water partition coefficient (Wildman–Crippen LogP) is 4.99. The number of hydrogen-bond donors (Lipinski definition) is 3. The maximum Gasteiger partial charge on any atom is 0.271 e. The predicted molar refractivity (Wildman–Crippen MR) is 131 cm³/mol. The van der Waals surface area contributed by atoms with Gasteiger partial charge in [0.25, 0.3) is 11.6 Å². The maximum absolute atomic E-state index is 12.3. The normalized spacial score (nSPS) is 11.9. The molecule has 0 aliphatic carbocycles. The summed E-state index contributed by atoms with van der Waals surface area (Å²) in [6.45, 7) is 1.71. The molecule has 13 heteroatoms. The fourth-order valence-corrected chi connectivity index (χ4v) is 3.16. The molecule has 0 heterocycles. The number of nitrogens with one attached hydrogen (secondary N) is 3. The highest BCUT2D eigenvalue weighted by Gasteiger charge is 2.34. The van der Waals surface area contributed by atoms with Crippen LogP contribution in [0.15, 0.2) is 42.5 Å². The molecule has 0 bridgehead atoms. The summed E-state index contributed by atoms with van der Waals surface area (Å²) in [5.74, 6) is -0.0506. The third-order valence-electron chi connectivity index (χ3n) is 4.02. The van der Waals surface area contributed by atoms with Crippen molar-refractivity contribution < 1.29 is 14.5 Å². The SMILES string of the molecule is CCc1ccc(OCC(=O)NC(NC(=S)Nc2ccc([N+](=O)[O-])cc2Cl)C(Cl)(Cl)Cl)cc1. The van der Waals surface area contributed by atoms with Gasteiger partial charge < -0.3 is 20.7 Å². The van der Waals surface area contributed by atoms with Crippen LogP contribution in [0.25, 0.3) is 0 Å². The Morgan fingerprint density at radius 3 is 2.38 bits per heavy atom. The number of halogens is 4. The van der Waals surface area contributed by atoms with E-state index in [0.717, 1.165) is 18.1 Å². The average molecular weight is 540 g/mol.